The average Bonchev–Trinajstić information content (AvgIpc) is 2.20. The minimum atomic E-state index is -2.82. The molecule has 0 fully saturated rings. The fourth-order valence-corrected chi connectivity index (χ4v) is 1.46. The van der Waals surface area contributed by atoms with Crippen molar-refractivity contribution in [2.75, 3.05) is 7.05 Å². The largest absolute Gasteiger partial charge is 0.481 e. The van der Waals surface area contributed by atoms with E-state index in [0.29, 0.717) is 0 Å². The third-order valence-electron chi connectivity index (χ3n) is 2.65. The number of carbonyl (C=O) groups is 2. The van der Waals surface area contributed by atoms with Gasteiger partial charge >= 0.3 is 12.1 Å². The second-order valence-corrected chi connectivity index (χ2v) is 5.43. The number of halogens is 2. The molecule has 1 N–H and O–H groups in total. The van der Waals surface area contributed by atoms with Crippen LogP contribution in [0, 0.1) is 5.92 Å². The van der Waals surface area contributed by atoms with E-state index >= 15 is 0 Å². The van der Waals surface area contributed by atoms with Crippen LogP contribution in [-0.4, -0.2) is 47.2 Å². The zero-order valence-corrected chi connectivity index (χ0v) is 11.8. The third-order valence-corrected chi connectivity index (χ3v) is 2.65. The molecule has 0 aliphatic carbocycles. The molecule has 0 aromatic carbocycles. The minimum absolute atomic E-state index is 0.702. The molecule has 0 radical (unpaired) electrons. The topological polar surface area (TPSA) is 66.8 Å². The molecule has 0 aliphatic heterocycles. The molecule has 2 unspecified atom stereocenters. The zero-order valence-electron chi connectivity index (χ0n) is 11.8. The molecule has 0 aromatic rings. The van der Waals surface area contributed by atoms with Crippen molar-refractivity contribution in [3.8, 4) is 0 Å². The number of rotatable bonds is 5. The molecule has 0 aliphatic rings. The Morgan fingerprint density at radius 3 is 2.11 bits per heavy atom. The van der Waals surface area contributed by atoms with Gasteiger partial charge in [0.15, 0.2) is 0 Å². The Morgan fingerprint density at radius 2 is 1.79 bits per heavy atom. The summed E-state index contributed by atoms with van der Waals surface area (Å²) in [6, 6.07) is -0.939. The van der Waals surface area contributed by atoms with Crippen molar-refractivity contribution in [1.29, 1.82) is 0 Å². The Hall–Kier alpha value is -1.40. The maximum absolute atomic E-state index is 12.8. The molecule has 0 spiro atoms. The van der Waals surface area contributed by atoms with Gasteiger partial charge < -0.3 is 14.7 Å². The van der Waals surface area contributed by atoms with Crippen LogP contribution in [0.25, 0.3) is 0 Å². The van der Waals surface area contributed by atoms with Gasteiger partial charge in [0.1, 0.15) is 5.60 Å². The summed E-state index contributed by atoms with van der Waals surface area (Å²) in [5, 5.41) is 8.62. The standard InChI is InChI=1S/C12H21F2NO4/c1-7(8(10(13)14)6-9(16)17)15(5)11(18)19-12(2,3)4/h7-8,10H,6H2,1-5H3,(H,16,17). The van der Waals surface area contributed by atoms with Gasteiger partial charge in [-0.1, -0.05) is 0 Å². The van der Waals surface area contributed by atoms with Gasteiger partial charge in [-0.25, -0.2) is 13.6 Å². The van der Waals surface area contributed by atoms with Crippen LogP contribution in [0.2, 0.25) is 0 Å². The lowest BCUT2D eigenvalue weighted by atomic mass is 9.97. The number of amides is 1. The highest BCUT2D eigenvalue weighted by molar-refractivity contribution is 5.69. The van der Waals surface area contributed by atoms with Gasteiger partial charge in [-0.15, -0.1) is 0 Å². The lowest BCUT2D eigenvalue weighted by Crippen LogP contribution is -2.45. The van der Waals surface area contributed by atoms with Crippen LogP contribution in [-0.2, 0) is 9.53 Å². The van der Waals surface area contributed by atoms with Gasteiger partial charge in [0, 0.05) is 13.1 Å². The summed E-state index contributed by atoms with van der Waals surface area (Å²) in [4.78, 5) is 23.3. The van der Waals surface area contributed by atoms with Crippen LogP contribution < -0.4 is 0 Å². The molecule has 0 saturated heterocycles. The van der Waals surface area contributed by atoms with Gasteiger partial charge in [0.25, 0.3) is 0 Å². The lowest BCUT2D eigenvalue weighted by Gasteiger charge is -2.32. The average molecular weight is 281 g/mol. The van der Waals surface area contributed by atoms with Crippen LogP contribution in [0.3, 0.4) is 0 Å². The van der Waals surface area contributed by atoms with Crippen LogP contribution in [0.1, 0.15) is 34.1 Å². The van der Waals surface area contributed by atoms with E-state index < -0.39 is 42.5 Å². The van der Waals surface area contributed by atoms with E-state index in [9.17, 15) is 18.4 Å². The number of ether oxygens (including phenoxy) is 1. The summed E-state index contributed by atoms with van der Waals surface area (Å²) in [5.41, 5.74) is -0.738. The quantitative estimate of drug-likeness (QED) is 0.841. The van der Waals surface area contributed by atoms with Gasteiger partial charge in [0.2, 0.25) is 6.43 Å². The van der Waals surface area contributed by atoms with Crippen LogP contribution in [0.5, 0.6) is 0 Å². The normalized spacial score (nSPS) is 14.9. The lowest BCUT2D eigenvalue weighted by molar-refractivity contribution is -0.140. The summed E-state index contributed by atoms with van der Waals surface area (Å²) < 4.78 is 30.7. The van der Waals surface area contributed by atoms with Crippen molar-refractivity contribution in [2.45, 2.75) is 52.2 Å². The van der Waals surface area contributed by atoms with E-state index in [-0.39, 0.29) is 0 Å². The summed E-state index contributed by atoms with van der Waals surface area (Å²) in [6.07, 6.45) is -4.28. The first-order chi connectivity index (χ1) is 8.45. The van der Waals surface area contributed by atoms with Crippen molar-refractivity contribution in [1.82, 2.24) is 4.90 Å². The van der Waals surface area contributed by atoms with E-state index in [4.69, 9.17) is 9.84 Å². The number of carbonyl (C=O) groups excluding carboxylic acids is 1. The number of nitrogens with zero attached hydrogens (tertiary/aromatic N) is 1. The van der Waals surface area contributed by atoms with Crippen molar-refractivity contribution < 1.29 is 28.2 Å². The summed E-state index contributed by atoms with van der Waals surface area (Å²) in [6.45, 7) is 6.35. The van der Waals surface area contributed by atoms with Gasteiger partial charge in [-0.2, -0.15) is 0 Å². The molecule has 1 amide bonds. The van der Waals surface area contributed by atoms with Crippen LogP contribution in [0.15, 0.2) is 0 Å². The number of hydrogen-bond donors (Lipinski definition) is 1. The predicted octanol–water partition coefficient (Wildman–Crippen LogP) is 2.60. The summed E-state index contributed by atoms with van der Waals surface area (Å²) in [7, 11) is 1.32. The molecule has 7 heteroatoms. The second kappa shape index (κ2) is 6.68. The first kappa shape index (κ1) is 17.6. The molecule has 5 nitrogen and oxygen atoms in total. The molecule has 0 aromatic heterocycles. The molecule has 19 heavy (non-hydrogen) atoms. The number of carboxylic acid groups (broad SMARTS) is 1. The van der Waals surface area contributed by atoms with E-state index in [1.165, 1.54) is 14.0 Å². The summed E-state index contributed by atoms with van der Waals surface area (Å²) in [5.74, 6) is -2.76. The minimum Gasteiger partial charge on any atom is -0.481 e. The highest BCUT2D eigenvalue weighted by Crippen LogP contribution is 2.23. The monoisotopic (exact) mass is 281 g/mol. The Kier molecular flexibility index (Phi) is 6.18. The predicted molar refractivity (Wildman–Crippen MR) is 65.2 cm³/mol. The number of carboxylic acids is 1. The highest BCUT2D eigenvalue weighted by Gasteiger charge is 2.34. The van der Waals surface area contributed by atoms with Crippen molar-refractivity contribution in [2.24, 2.45) is 5.92 Å². The Balaban J connectivity index is 4.79. The first-order valence-corrected chi connectivity index (χ1v) is 5.91. The van der Waals surface area contributed by atoms with Crippen LogP contribution in [0.4, 0.5) is 13.6 Å². The molecule has 2 atom stereocenters. The van der Waals surface area contributed by atoms with E-state index in [0.717, 1.165) is 4.90 Å². The molecular formula is C12H21F2NO4. The van der Waals surface area contributed by atoms with E-state index in [1.54, 1.807) is 20.8 Å². The Labute approximate surface area is 111 Å². The number of aliphatic carboxylic acids is 1. The fourth-order valence-electron chi connectivity index (χ4n) is 1.46. The molecule has 0 saturated carbocycles. The highest BCUT2D eigenvalue weighted by atomic mass is 19.3. The zero-order chi connectivity index (χ0) is 15.4. The number of alkyl halides is 2. The Morgan fingerprint density at radius 1 is 1.32 bits per heavy atom. The van der Waals surface area contributed by atoms with Crippen molar-refractivity contribution >= 4 is 12.1 Å². The summed E-state index contributed by atoms with van der Waals surface area (Å²) >= 11 is 0. The van der Waals surface area contributed by atoms with Crippen molar-refractivity contribution in [3.05, 3.63) is 0 Å². The number of hydrogen-bond acceptors (Lipinski definition) is 3. The second-order valence-electron chi connectivity index (χ2n) is 5.43. The smallest absolute Gasteiger partial charge is 0.410 e. The first-order valence-electron chi connectivity index (χ1n) is 5.91. The molecular weight excluding hydrogens is 260 g/mol. The van der Waals surface area contributed by atoms with E-state index in [1.807, 2.05) is 0 Å². The maximum Gasteiger partial charge on any atom is 0.410 e. The van der Waals surface area contributed by atoms with Gasteiger partial charge in [0.05, 0.1) is 12.3 Å². The van der Waals surface area contributed by atoms with E-state index in [2.05, 4.69) is 0 Å². The van der Waals surface area contributed by atoms with Crippen LogP contribution >= 0.6 is 0 Å². The molecule has 0 heterocycles. The fraction of sp³-hybridized carbons (Fsp3) is 0.833. The molecule has 0 bridgehead atoms. The van der Waals surface area contributed by atoms with Crippen molar-refractivity contribution in [3.63, 3.8) is 0 Å². The van der Waals surface area contributed by atoms with Gasteiger partial charge in [-0.05, 0) is 27.7 Å². The molecule has 0 rings (SSSR count). The maximum atomic E-state index is 12.8. The third kappa shape index (κ3) is 6.35. The molecule has 112 valence electrons. The van der Waals surface area contributed by atoms with Gasteiger partial charge in [-0.3, -0.25) is 4.79 Å². The SMILES string of the molecule is CC(C(CC(=O)O)C(F)F)N(C)C(=O)OC(C)(C)C. The Bertz CT molecular complexity index is 328.